The van der Waals surface area contributed by atoms with Crippen molar-refractivity contribution in [2.45, 2.75) is 12.6 Å². The van der Waals surface area contributed by atoms with E-state index in [9.17, 15) is 4.79 Å². The van der Waals surface area contributed by atoms with Gasteiger partial charge in [-0.15, -0.1) is 12.4 Å². The lowest BCUT2D eigenvalue weighted by Crippen LogP contribution is -2.37. The average molecular weight is 378 g/mol. The first-order valence-electron chi connectivity index (χ1n) is 6.77. The van der Waals surface area contributed by atoms with Gasteiger partial charge in [-0.25, -0.2) is 0 Å². The molecule has 8 heteroatoms. The third-order valence-electron chi connectivity index (χ3n) is 3.43. The summed E-state index contributed by atoms with van der Waals surface area (Å²) >= 11 is 12.3. The molecule has 0 saturated carbocycles. The Labute approximate surface area is 152 Å². The summed E-state index contributed by atoms with van der Waals surface area (Å²) in [5.74, 6) is -0.0773. The number of halogens is 3. The summed E-state index contributed by atoms with van der Waals surface area (Å²) in [7, 11) is 5.28. The molecular weight excluding hydrogens is 359 g/mol. The lowest BCUT2D eigenvalue weighted by Gasteiger charge is -2.23. The second-order valence-corrected chi connectivity index (χ2v) is 5.88. The molecular formula is C15H19Cl3N4O. The third kappa shape index (κ3) is 4.61. The molecule has 1 aromatic heterocycles. The second kappa shape index (κ2) is 8.55. The summed E-state index contributed by atoms with van der Waals surface area (Å²) in [4.78, 5) is 14.2. The smallest absolute Gasteiger partial charge is 0.244 e. The van der Waals surface area contributed by atoms with Gasteiger partial charge in [0.15, 0.2) is 0 Å². The molecule has 0 fully saturated rings. The number of aromatic nitrogens is 2. The minimum Gasteiger partial charge on any atom is -0.340 e. The summed E-state index contributed by atoms with van der Waals surface area (Å²) in [6, 6.07) is 4.84. The summed E-state index contributed by atoms with van der Waals surface area (Å²) in [5.41, 5.74) is 1.55. The molecule has 1 atom stereocenters. The number of amides is 1. The molecule has 1 heterocycles. The molecule has 5 nitrogen and oxygen atoms in total. The highest BCUT2D eigenvalue weighted by molar-refractivity contribution is 6.36. The van der Waals surface area contributed by atoms with E-state index in [1.54, 1.807) is 48.1 Å². The second-order valence-electron chi connectivity index (χ2n) is 5.06. The van der Waals surface area contributed by atoms with Crippen molar-refractivity contribution in [3.05, 3.63) is 51.8 Å². The largest absolute Gasteiger partial charge is 0.340 e. The number of hydrogen-bond donors (Lipinski definition) is 1. The molecule has 0 aliphatic heterocycles. The molecule has 1 amide bonds. The fraction of sp³-hybridized carbons (Fsp3) is 0.333. The van der Waals surface area contributed by atoms with Crippen molar-refractivity contribution < 1.29 is 4.79 Å². The molecule has 0 aliphatic carbocycles. The van der Waals surface area contributed by atoms with Crippen LogP contribution in [0.3, 0.4) is 0 Å². The van der Waals surface area contributed by atoms with E-state index in [-0.39, 0.29) is 18.3 Å². The number of carbonyl (C=O) groups excluding carboxylic acids is 1. The number of nitrogens with one attached hydrogen (secondary N) is 1. The Morgan fingerprint density at radius 3 is 2.48 bits per heavy atom. The molecule has 1 unspecified atom stereocenters. The Hall–Kier alpha value is -1.27. The quantitative estimate of drug-likeness (QED) is 0.871. The number of likely N-dealkylation sites (N-methyl/N-ethyl adjacent to an activating group) is 2. The van der Waals surface area contributed by atoms with Crippen LogP contribution in [0.15, 0.2) is 30.6 Å². The summed E-state index contributed by atoms with van der Waals surface area (Å²) in [6.45, 7) is 0.343. The van der Waals surface area contributed by atoms with Gasteiger partial charge in [0, 0.05) is 48.0 Å². The standard InChI is InChI=1S/C15H18Cl2N4O.ClH/c1-18-14(10-7-19-21(3)8-10)15(22)20(2)9-11-12(16)5-4-6-13(11)17;/h4-8,14,18H,9H2,1-3H3;1H. The van der Waals surface area contributed by atoms with Crippen LogP contribution < -0.4 is 5.32 Å². The molecule has 0 saturated heterocycles. The predicted octanol–water partition coefficient (Wildman–Crippen LogP) is 3.07. The van der Waals surface area contributed by atoms with Crippen molar-refractivity contribution in [3.8, 4) is 0 Å². The van der Waals surface area contributed by atoms with Crippen LogP contribution >= 0.6 is 35.6 Å². The Morgan fingerprint density at radius 1 is 1.39 bits per heavy atom. The van der Waals surface area contributed by atoms with Crippen molar-refractivity contribution >= 4 is 41.5 Å². The van der Waals surface area contributed by atoms with Crippen LogP contribution in [-0.4, -0.2) is 34.7 Å². The minimum atomic E-state index is -0.458. The highest BCUT2D eigenvalue weighted by Gasteiger charge is 2.24. The van der Waals surface area contributed by atoms with Crippen molar-refractivity contribution in [1.82, 2.24) is 20.0 Å². The molecule has 2 aromatic rings. The van der Waals surface area contributed by atoms with Gasteiger partial charge in [0.05, 0.1) is 6.20 Å². The number of rotatable bonds is 5. The number of hydrogen-bond acceptors (Lipinski definition) is 3. The molecule has 23 heavy (non-hydrogen) atoms. The molecule has 0 spiro atoms. The molecule has 1 N–H and O–H groups in total. The van der Waals surface area contributed by atoms with E-state index in [0.29, 0.717) is 16.6 Å². The van der Waals surface area contributed by atoms with E-state index < -0.39 is 6.04 Å². The van der Waals surface area contributed by atoms with Crippen LogP contribution in [0, 0.1) is 0 Å². The first kappa shape index (κ1) is 19.8. The Morgan fingerprint density at radius 2 is 2.00 bits per heavy atom. The van der Waals surface area contributed by atoms with Crippen LogP contribution in [-0.2, 0) is 18.4 Å². The Bertz CT molecular complexity index is 654. The van der Waals surface area contributed by atoms with Crippen molar-refractivity contribution in [2.75, 3.05) is 14.1 Å². The molecule has 0 bridgehead atoms. The van der Waals surface area contributed by atoms with Gasteiger partial charge in [0.25, 0.3) is 0 Å². The maximum atomic E-state index is 12.7. The Kier molecular flexibility index (Phi) is 7.35. The van der Waals surface area contributed by atoms with E-state index >= 15 is 0 Å². The lowest BCUT2D eigenvalue weighted by atomic mass is 10.1. The maximum absolute atomic E-state index is 12.7. The Balaban J connectivity index is 0.00000264. The van der Waals surface area contributed by atoms with Gasteiger partial charge in [-0.2, -0.15) is 5.10 Å². The zero-order valence-corrected chi connectivity index (χ0v) is 15.4. The SMILES string of the molecule is CNC(C(=O)N(C)Cc1c(Cl)cccc1Cl)c1cnn(C)c1.Cl. The molecule has 1 aromatic carbocycles. The third-order valence-corrected chi connectivity index (χ3v) is 4.14. The van der Waals surface area contributed by atoms with E-state index in [4.69, 9.17) is 23.2 Å². The first-order valence-corrected chi connectivity index (χ1v) is 7.53. The normalized spacial score (nSPS) is 11.7. The summed E-state index contributed by atoms with van der Waals surface area (Å²) < 4.78 is 1.66. The molecule has 126 valence electrons. The van der Waals surface area contributed by atoms with Gasteiger partial charge in [-0.3, -0.25) is 9.48 Å². The highest BCUT2D eigenvalue weighted by atomic mass is 35.5. The van der Waals surface area contributed by atoms with Crippen molar-refractivity contribution in [3.63, 3.8) is 0 Å². The molecule has 2 rings (SSSR count). The van der Waals surface area contributed by atoms with E-state index in [1.165, 1.54) is 0 Å². The van der Waals surface area contributed by atoms with Crippen LogP contribution in [0.4, 0.5) is 0 Å². The number of carbonyl (C=O) groups is 1. The zero-order valence-electron chi connectivity index (χ0n) is 13.1. The number of benzene rings is 1. The summed E-state index contributed by atoms with van der Waals surface area (Å²) in [5, 5.41) is 8.22. The fourth-order valence-corrected chi connectivity index (χ4v) is 2.76. The van der Waals surface area contributed by atoms with Crippen LogP contribution in [0.2, 0.25) is 10.0 Å². The molecule has 0 radical (unpaired) electrons. The van der Waals surface area contributed by atoms with Gasteiger partial charge in [-0.05, 0) is 19.2 Å². The van der Waals surface area contributed by atoms with Gasteiger partial charge >= 0.3 is 0 Å². The monoisotopic (exact) mass is 376 g/mol. The van der Waals surface area contributed by atoms with Crippen molar-refractivity contribution in [2.24, 2.45) is 7.05 Å². The number of aryl methyl sites for hydroxylation is 1. The van der Waals surface area contributed by atoms with Crippen LogP contribution in [0.1, 0.15) is 17.2 Å². The lowest BCUT2D eigenvalue weighted by molar-refractivity contribution is -0.132. The fourth-order valence-electron chi connectivity index (χ4n) is 2.24. The number of nitrogens with zero attached hydrogens (tertiary/aromatic N) is 3. The highest BCUT2D eigenvalue weighted by Crippen LogP contribution is 2.26. The molecule has 0 aliphatic rings. The van der Waals surface area contributed by atoms with E-state index in [1.807, 2.05) is 13.2 Å². The van der Waals surface area contributed by atoms with E-state index in [2.05, 4.69) is 10.4 Å². The van der Waals surface area contributed by atoms with Crippen molar-refractivity contribution in [1.29, 1.82) is 0 Å². The first-order chi connectivity index (χ1) is 10.4. The van der Waals surface area contributed by atoms with Crippen LogP contribution in [0.25, 0.3) is 0 Å². The van der Waals surface area contributed by atoms with Gasteiger partial charge in [0.2, 0.25) is 5.91 Å². The van der Waals surface area contributed by atoms with Gasteiger partial charge in [0.1, 0.15) is 6.04 Å². The van der Waals surface area contributed by atoms with E-state index in [0.717, 1.165) is 11.1 Å². The van der Waals surface area contributed by atoms with Gasteiger partial charge in [-0.1, -0.05) is 29.3 Å². The zero-order chi connectivity index (χ0) is 16.3. The summed E-state index contributed by atoms with van der Waals surface area (Å²) in [6.07, 6.45) is 3.49. The van der Waals surface area contributed by atoms with Crippen LogP contribution in [0.5, 0.6) is 0 Å². The maximum Gasteiger partial charge on any atom is 0.244 e. The average Bonchev–Trinajstić information content (AvgIpc) is 2.90. The van der Waals surface area contributed by atoms with Gasteiger partial charge < -0.3 is 10.2 Å². The minimum absolute atomic E-state index is 0. The topological polar surface area (TPSA) is 50.2 Å². The predicted molar refractivity (Wildman–Crippen MR) is 95.2 cm³/mol.